The molecule has 33 heavy (non-hydrogen) atoms. The number of para-hydroxylation sites is 1. The molecule has 0 radical (unpaired) electrons. The van der Waals surface area contributed by atoms with Gasteiger partial charge in [-0.05, 0) is 54.6 Å². The fraction of sp³-hybridized carbons (Fsp3) is 0.348. The minimum atomic E-state index is -0.414. The normalized spacial score (nSPS) is 15.3. The Balaban J connectivity index is 1.59. The third kappa shape index (κ3) is 4.89. The van der Waals surface area contributed by atoms with Crippen LogP contribution < -0.4 is 14.2 Å². The third-order valence-corrected chi connectivity index (χ3v) is 6.17. The largest absolute Gasteiger partial charge is 0.494 e. The number of ether oxygens (including phenoxy) is 3. The highest BCUT2D eigenvalue weighted by atomic mass is 32.2. The number of nitriles is 1. The van der Waals surface area contributed by atoms with Crippen molar-refractivity contribution in [1.29, 1.82) is 5.26 Å². The topological polar surface area (TPSA) is 94.2 Å². The number of hydrogen-bond acceptors (Lipinski definition) is 8. The minimum absolute atomic E-state index is 0.102. The summed E-state index contributed by atoms with van der Waals surface area (Å²) in [5.41, 5.74) is 1.86. The van der Waals surface area contributed by atoms with Gasteiger partial charge in [0.2, 0.25) is 5.95 Å². The maximum absolute atomic E-state index is 13.4. The van der Waals surface area contributed by atoms with Crippen LogP contribution in [0.1, 0.15) is 29.3 Å². The van der Waals surface area contributed by atoms with E-state index in [0.29, 0.717) is 54.1 Å². The highest BCUT2D eigenvalue weighted by Gasteiger charge is 2.29. The molecule has 1 N–H and O–H groups in total. The summed E-state index contributed by atoms with van der Waals surface area (Å²) in [6, 6.07) is 11.9. The first-order valence-electron chi connectivity index (χ1n) is 10.5. The first-order chi connectivity index (χ1) is 16.2. The van der Waals surface area contributed by atoms with Crippen LogP contribution in [0, 0.1) is 17.1 Å². The van der Waals surface area contributed by atoms with Crippen molar-refractivity contribution in [2.75, 3.05) is 37.9 Å². The fourth-order valence-corrected chi connectivity index (χ4v) is 4.47. The number of nitrogens with zero attached hydrogens (tertiary/aromatic N) is 4. The van der Waals surface area contributed by atoms with Crippen molar-refractivity contribution >= 4 is 17.9 Å². The van der Waals surface area contributed by atoms with Crippen LogP contribution in [0.25, 0.3) is 5.69 Å². The third-order valence-electron chi connectivity index (χ3n) is 5.44. The number of methoxy groups -OCH3 is 2. The standard InChI is InChI=1S/C23H24FN5O3S/c1-30-19-4-3-5-20(31-2)21(19)29-22(16-8-10-32-14-16)26-27-23(29)28-33-11-9-15-6-7-18(24)12-17(15)13-25/h3-7,12,16H,8-11,14H2,1-2H3,(H,27,28). The van der Waals surface area contributed by atoms with Crippen LogP contribution in [0.4, 0.5) is 10.3 Å². The lowest BCUT2D eigenvalue weighted by Gasteiger charge is -2.19. The summed E-state index contributed by atoms with van der Waals surface area (Å²) in [5.74, 6) is 2.89. The van der Waals surface area contributed by atoms with Crippen LogP contribution in [-0.4, -0.2) is 48.0 Å². The number of rotatable bonds is 9. The maximum Gasteiger partial charge on any atom is 0.239 e. The second kappa shape index (κ2) is 10.6. The molecular weight excluding hydrogens is 445 g/mol. The molecule has 2 aromatic carbocycles. The molecule has 1 aliphatic rings. The first kappa shape index (κ1) is 22.9. The van der Waals surface area contributed by atoms with Crippen LogP contribution in [0.3, 0.4) is 0 Å². The molecule has 172 valence electrons. The van der Waals surface area contributed by atoms with E-state index in [0.717, 1.165) is 17.8 Å². The number of hydrogen-bond donors (Lipinski definition) is 1. The molecule has 1 unspecified atom stereocenters. The number of aryl methyl sites for hydroxylation is 1. The Morgan fingerprint density at radius 3 is 2.70 bits per heavy atom. The van der Waals surface area contributed by atoms with Crippen molar-refractivity contribution in [3.8, 4) is 23.3 Å². The van der Waals surface area contributed by atoms with Gasteiger partial charge in [-0.1, -0.05) is 12.1 Å². The minimum Gasteiger partial charge on any atom is -0.494 e. The van der Waals surface area contributed by atoms with E-state index >= 15 is 0 Å². The monoisotopic (exact) mass is 469 g/mol. The highest BCUT2D eigenvalue weighted by Crippen LogP contribution is 2.38. The van der Waals surface area contributed by atoms with Crippen LogP contribution in [0.2, 0.25) is 0 Å². The van der Waals surface area contributed by atoms with Crippen molar-refractivity contribution in [2.45, 2.75) is 18.8 Å². The van der Waals surface area contributed by atoms with Crippen molar-refractivity contribution in [1.82, 2.24) is 14.8 Å². The Bertz CT molecular complexity index is 1140. The van der Waals surface area contributed by atoms with E-state index in [9.17, 15) is 9.65 Å². The fourth-order valence-electron chi connectivity index (χ4n) is 3.78. The number of nitrogens with one attached hydrogen (secondary N) is 1. The van der Waals surface area contributed by atoms with Gasteiger partial charge in [0.1, 0.15) is 28.8 Å². The van der Waals surface area contributed by atoms with Crippen molar-refractivity contribution in [3.05, 3.63) is 59.2 Å². The molecular formula is C23H24FN5O3S. The molecule has 1 saturated heterocycles. The molecule has 1 fully saturated rings. The van der Waals surface area contributed by atoms with E-state index in [4.69, 9.17) is 14.2 Å². The quantitative estimate of drug-likeness (QED) is 0.370. The Hall–Kier alpha value is -3.29. The zero-order valence-corrected chi connectivity index (χ0v) is 19.2. The van der Waals surface area contributed by atoms with E-state index in [1.54, 1.807) is 20.3 Å². The Morgan fingerprint density at radius 2 is 2.03 bits per heavy atom. The van der Waals surface area contributed by atoms with Crippen LogP contribution in [0.15, 0.2) is 36.4 Å². The lowest BCUT2D eigenvalue weighted by molar-refractivity contribution is 0.193. The molecule has 1 atom stereocenters. The molecule has 1 aromatic heterocycles. The maximum atomic E-state index is 13.4. The predicted octanol–water partition coefficient (Wildman–Crippen LogP) is 4.10. The molecule has 0 spiro atoms. The molecule has 0 bridgehead atoms. The van der Waals surface area contributed by atoms with Gasteiger partial charge in [0, 0.05) is 18.3 Å². The van der Waals surface area contributed by atoms with E-state index in [1.165, 1.54) is 24.1 Å². The second-order valence-corrected chi connectivity index (χ2v) is 8.30. The summed E-state index contributed by atoms with van der Waals surface area (Å²) in [6.45, 7) is 1.25. The molecule has 0 amide bonds. The highest BCUT2D eigenvalue weighted by molar-refractivity contribution is 8.00. The summed E-state index contributed by atoms with van der Waals surface area (Å²) >= 11 is 1.43. The molecule has 0 saturated carbocycles. The molecule has 1 aliphatic heterocycles. The zero-order chi connectivity index (χ0) is 23.2. The number of anilines is 1. The van der Waals surface area contributed by atoms with Gasteiger partial charge < -0.3 is 14.2 Å². The molecule has 3 aromatic rings. The van der Waals surface area contributed by atoms with Gasteiger partial charge in [0.05, 0.1) is 32.5 Å². The zero-order valence-electron chi connectivity index (χ0n) is 18.4. The van der Waals surface area contributed by atoms with Gasteiger partial charge in [0.25, 0.3) is 0 Å². The number of halogens is 1. The average molecular weight is 470 g/mol. The molecule has 8 nitrogen and oxygen atoms in total. The van der Waals surface area contributed by atoms with E-state index in [1.807, 2.05) is 28.8 Å². The Morgan fingerprint density at radius 1 is 1.24 bits per heavy atom. The van der Waals surface area contributed by atoms with Crippen LogP contribution in [-0.2, 0) is 11.2 Å². The SMILES string of the molecule is COc1cccc(OC)c1-n1c(NSCCc2ccc(F)cc2C#N)nnc1C1CCOC1. The van der Waals surface area contributed by atoms with E-state index < -0.39 is 5.82 Å². The average Bonchev–Trinajstić information content (AvgIpc) is 3.51. The number of aromatic nitrogens is 3. The Kier molecular flexibility index (Phi) is 7.32. The lowest BCUT2D eigenvalue weighted by atomic mass is 10.1. The first-order valence-corrected chi connectivity index (χ1v) is 11.5. The van der Waals surface area contributed by atoms with Crippen molar-refractivity contribution < 1.29 is 18.6 Å². The van der Waals surface area contributed by atoms with Crippen molar-refractivity contribution in [2.24, 2.45) is 0 Å². The molecule has 10 heteroatoms. The Labute approximate surface area is 195 Å². The van der Waals surface area contributed by atoms with Crippen LogP contribution >= 0.6 is 11.9 Å². The van der Waals surface area contributed by atoms with E-state index in [-0.39, 0.29) is 5.92 Å². The van der Waals surface area contributed by atoms with E-state index in [2.05, 4.69) is 14.9 Å². The van der Waals surface area contributed by atoms with Crippen LogP contribution in [0.5, 0.6) is 11.5 Å². The summed E-state index contributed by atoms with van der Waals surface area (Å²) in [6.07, 6.45) is 1.44. The van der Waals surface area contributed by atoms with Crippen molar-refractivity contribution in [3.63, 3.8) is 0 Å². The molecule has 0 aliphatic carbocycles. The van der Waals surface area contributed by atoms with Gasteiger partial charge in [-0.15, -0.1) is 10.2 Å². The number of benzene rings is 2. The van der Waals surface area contributed by atoms with Gasteiger partial charge in [-0.2, -0.15) is 5.26 Å². The second-order valence-electron chi connectivity index (χ2n) is 7.40. The summed E-state index contributed by atoms with van der Waals surface area (Å²) in [5, 5.41) is 18.1. The van der Waals surface area contributed by atoms with Gasteiger partial charge in [-0.25, -0.2) is 4.39 Å². The summed E-state index contributed by atoms with van der Waals surface area (Å²) in [7, 11) is 3.22. The molecule has 4 rings (SSSR count). The predicted molar refractivity (Wildman–Crippen MR) is 124 cm³/mol. The summed E-state index contributed by atoms with van der Waals surface area (Å²) < 4.78 is 35.4. The lowest BCUT2D eigenvalue weighted by Crippen LogP contribution is -2.12. The van der Waals surface area contributed by atoms with Gasteiger partial charge in [0.15, 0.2) is 0 Å². The summed E-state index contributed by atoms with van der Waals surface area (Å²) in [4.78, 5) is 0. The smallest absolute Gasteiger partial charge is 0.239 e. The van der Waals surface area contributed by atoms with Gasteiger partial charge >= 0.3 is 0 Å². The van der Waals surface area contributed by atoms with Gasteiger partial charge in [-0.3, -0.25) is 9.29 Å². The molecule has 2 heterocycles.